The fourth-order valence-corrected chi connectivity index (χ4v) is 5.60. The smallest absolute Gasteiger partial charge is 0.262 e. The van der Waals surface area contributed by atoms with E-state index in [9.17, 15) is 8.42 Å². The quantitative estimate of drug-likeness (QED) is 0.758. The van der Waals surface area contributed by atoms with Crippen LogP contribution in [0, 0.1) is 11.8 Å². The topological polar surface area (TPSA) is 84.2 Å². The molecule has 8 nitrogen and oxygen atoms in total. The summed E-state index contributed by atoms with van der Waals surface area (Å²) in [4.78, 5) is 15.3. The lowest BCUT2D eigenvalue weighted by Gasteiger charge is -2.24. The maximum Gasteiger partial charge on any atom is 0.262 e. The second-order valence-electron chi connectivity index (χ2n) is 9.51. The molecule has 0 aliphatic carbocycles. The van der Waals surface area contributed by atoms with E-state index in [1.165, 1.54) is 0 Å². The molecule has 0 N–H and O–H groups in total. The molecule has 2 aliphatic heterocycles. The first-order valence-corrected chi connectivity index (χ1v) is 11.6. The van der Waals surface area contributed by atoms with Crippen LogP contribution in [0.25, 0.3) is 0 Å². The lowest BCUT2D eigenvalue weighted by atomic mass is 9.92. The normalized spacial score (nSPS) is 23.2. The van der Waals surface area contributed by atoms with Crippen molar-refractivity contribution in [2.24, 2.45) is 11.8 Å². The number of nitrogens with zero attached hydrogens (tertiary/aromatic N) is 6. The minimum atomic E-state index is -3.54. The molecule has 4 heterocycles. The molecule has 29 heavy (non-hydrogen) atoms. The zero-order valence-electron chi connectivity index (χ0n) is 17.8. The third-order valence-electron chi connectivity index (χ3n) is 5.98. The summed E-state index contributed by atoms with van der Waals surface area (Å²) in [5, 5.41) is 0.147. The fourth-order valence-electron chi connectivity index (χ4n) is 4.13. The lowest BCUT2D eigenvalue weighted by Crippen LogP contribution is -2.33. The average molecular weight is 419 g/mol. The molecule has 0 aromatic carbocycles. The van der Waals surface area contributed by atoms with Crippen molar-refractivity contribution in [1.82, 2.24) is 23.8 Å². The number of imidazole rings is 1. The molecule has 2 aromatic heterocycles. The Hall–Kier alpha value is -2.00. The molecule has 0 radical (unpaired) electrons. The molecule has 158 valence electrons. The molecule has 2 unspecified atom stereocenters. The van der Waals surface area contributed by atoms with Crippen molar-refractivity contribution < 1.29 is 8.42 Å². The zero-order valence-corrected chi connectivity index (χ0v) is 18.6. The van der Waals surface area contributed by atoms with Gasteiger partial charge in [-0.3, -0.25) is 0 Å². The Morgan fingerprint density at radius 2 is 1.69 bits per heavy atom. The highest BCUT2D eigenvalue weighted by molar-refractivity contribution is 7.89. The molecule has 2 atom stereocenters. The van der Waals surface area contributed by atoms with Gasteiger partial charge in [0, 0.05) is 49.9 Å². The van der Waals surface area contributed by atoms with E-state index in [0.29, 0.717) is 24.9 Å². The van der Waals surface area contributed by atoms with Gasteiger partial charge in [-0.25, -0.2) is 23.4 Å². The van der Waals surface area contributed by atoms with Gasteiger partial charge in [-0.15, -0.1) is 0 Å². The first kappa shape index (κ1) is 20.3. The highest BCUT2D eigenvalue weighted by atomic mass is 32.2. The summed E-state index contributed by atoms with van der Waals surface area (Å²) < 4.78 is 29.5. The van der Waals surface area contributed by atoms with E-state index in [2.05, 4.69) is 46.7 Å². The Balaban J connectivity index is 1.46. The number of anilines is 1. The second kappa shape index (κ2) is 7.05. The van der Waals surface area contributed by atoms with E-state index in [1.54, 1.807) is 23.2 Å². The molecule has 2 aliphatic rings. The van der Waals surface area contributed by atoms with Crippen LogP contribution < -0.4 is 4.90 Å². The molecular formula is C20H30N6O2S. The largest absolute Gasteiger partial charge is 0.356 e. The van der Waals surface area contributed by atoms with Crippen molar-refractivity contribution in [3.05, 3.63) is 30.6 Å². The molecule has 2 saturated heterocycles. The number of sulfonamides is 1. The minimum absolute atomic E-state index is 0.0302. The Morgan fingerprint density at radius 3 is 2.24 bits per heavy atom. The van der Waals surface area contributed by atoms with E-state index in [0.717, 1.165) is 24.6 Å². The number of aromatic nitrogens is 4. The van der Waals surface area contributed by atoms with Gasteiger partial charge in [0.2, 0.25) is 0 Å². The first-order chi connectivity index (χ1) is 13.6. The zero-order chi connectivity index (χ0) is 21.0. The molecule has 0 spiro atoms. The van der Waals surface area contributed by atoms with Crippen molar-refractivity contribution in [2.75, 3.05) is 31.1 Å². The highest BCUT2D eigenvalue weighted by Crippen LogP contribution is 2.36. The van der Waals surface area contributed by atoms with Crippen LogP contribution in [-0.2, 0) is 15.4 Å². The van der Waals surface area contributed by atoms with Crippen LogP contribution in [0.4, 0.5) is 5.82 Å². The monoisotopic (exact) mass is 418 g/mol. The minimum Gasteiger partial charge on any atom is -0.356 e. The van der Waals surface area contributed by atoms with Crippen LogP contribution in [-0.4, -0.2) is 58.4 Å². The standard InChI is InChI=1S/C20H30N6O2S/c1-14(2)25-11-19(23-13-25)29(27,28)26-9-15-7-24(8-16(15)10-26)18-6-17(20(3,4)5)21-12-22-18/h6,11-16H,7-10H2,1-5H3. The van der Waals surface area contributed by atoms with E-state index in [-0.39, 0.29) is 16.5 Å². The van der Waals surface area contributed by atoms with Gasteiger partial charge < -0.3 is 9.47 Å². The summed E-state index contributed by atoms with van der Waals surface area (Å²) in [5.74, 6) is 1.56. The summed E-state index contributed by atoms with van der Waals surface area (Å²) in [7, 11) is -3.54. The summed E-state index contributed by atoms with van der Waals surface area (Å²) in [5.41, 5.74) is 0.988. The third-order valence-corrected chi connectivity index (χ3v) is 7.69. The second-order valence-corrected chi connectivity index (χ2v) is 11.4. The van der Waals surface area contributed by atoms with Gasteiger partial charge in [-0.2, -0.15) is 4.31 Å². The molecule has 0 saturated carbocycles. The Kier molecular flexibility index (Phi) is 4.93. The molecule has 0 amide bonds. The number of fused-ring (bicyclic) bond motifs is 1. The maximum absolute atomic E-state index is 13.0. The van der Waals surface area contributed by atoms with Crippen LogP contribution in [0.2, 0.25) is 0 Å². The predicted molar refractivity (Wildman–Crippen MR) is 111 cm³/mol. The fraction of sp³-hybridized carbons (Fsp3) is 0.650. The van der Waals surface area contributed by atoms with E-state index in [1.807, 2.05) is 18.4 Å². The van der Waals surface area contributed by atoms with Gasteiger partial charge in [0.15, 0.2) is 5.03 Å². The van der Waals surface area contributed by atoms with Gasteiger partial charge in [0.05, 0.1) is 12.0 Å². The molecular weight excluding hydrogens is 388 g/mol. The maximum atomic E-state index is 13.0. The molecule has 9 heteroatoms. The molecule has 2 fully saturated rings. The first-order valence-electron chi connectivity index (χ1n) is 10.2. The molecule has 2 aromatic rings. The third kappa shape index (κ3) is 3.77. The SMILES string of the molecule is CC(C)n1cnc(S(=O)(=O)N2CC3CN(c4cc(C(C)(C)C)ncn4)CC3C2)c1. The average Bonchev–Trinajstić information content (AvgIpc) is 3.35. The molecule has 4 rings (SSSR count). The van der Waals surface area contributed by atoms with Crippen molar-refractivity contribution in [1.29, 1.82) is 0 Å². The van der Waals surface area contributed by atoms with Crippen LogP contribution in [0.1, 0.15) is 46.4 Å². The number of rotatable bonds is 4. The van der Waals surface area contributed by atoms with Gasteiger partial charge in [-0.1, -0.05) is 20.8 Å². The Bertz CT molecular complexity index is 980. The highest BCUT2D eigenvalue weighted by Gasteiger charge is 2.45. The predicted octanol–water partition coefficient (Wildman–Crippen LogP) is 2.31. The van der Waals surface area contributed by atoms with Gasteiger partial charge >= 0.3 is 0 Å². The van der Waals surface area contributed by atoms with E-state index < -0.39 is 10.0 Å². The molecule has 0 bridgehead atoms. The van der Waals surface area contributed by atoms with Crippen LogP contribution in [0.15, 0.2) is 29.9 Å². The van der Waals surface area contributed by atoms with Crippen LogP contribution >= 0.6 is 0 Å². The summed E-state index contributed by atoms with van der Waals surface area (Å²) in [6, 6.07) is 2.25. The van der Waals surface area contributed by atoms with Gasteiger partial charge in [0.1, 0.15) is 12.1 Å². The van der Waals surface area contributed by atoms with Gasteiger partial charge in [0.25, 0.3) is 10.0 Å². The van der Waals surface area contributed by atoms with Crippen molar-refractivity contribution in [3.8, 4) is 0 Å². The lowest BCUT2D eigenvalue weighted by molar-refractivity contribution is 0.450. The summed E-state index contributed by atoms with van der Waals surface area (Å²) in [6.07, 6.45) is 4.86. The van der Waals surface area contributed by atoms with E-state index in [4.69, 9.17) is 0 Å². The van der Waals surface area contributed by atoms with Crippen molar-refractivity contribution in [3.63, 3.8) is 0 Å². The van der Waals surface area contributed by atoms with Crippen LogP contribution in [0.3, 0.4) is 0 Å². The van der Waals surface area contributed by atoms with Crippen LogP contribution in [0.5, 0.6) is 0 Å². The Labute approximate surface area is 173 Å². The summed E-state index contributed by atoms with van der Waals surface area (Å²) >= 11 is 0. The summed E-state index contributed by atoms with van der Waals surface area (Å²) in [6.45, 7) is 13.1. The van der Waals surface area contributed by atoms with Gasteiger partial charge in [-0.05, 0) is 25.7 Å². The van der Waals surface area contributed by atoms with E-state index >= 15 is 0 Å². The van der Waals surface area contributed by atoms with Crippen molar-refractivity contribution >= 4 is 15.8 Å². The number of hydrogen-bond donors (Lipinski definition) is 0. The Morgan fingerprint density at radius 1 is 1.03 bits per heavy atom. The number of hydrogen-bond acceptors (Lipinski definition) is 6. The van der Waals surface area contributed by atoms with Crippen molar-refractivity contribution in [2.45, 2.75) is 51.1 Å².